The van der Waals surface area contributed by atoms with Gasteiger partial charge in [-0.3, -0.25) is 19.2 Å². The first-order chi connectivity index (χ1) is 18.9. The van der Waals surface area contributed by atoms with E-state index in [0.717, 1.165) is 11.1 Å². The lowest BCUT2D eigenvalue weighted by atomic mass is 10.0. The number of nitrogens with zero attached hydrogens (tertiary/aromatic N) is 2. The molecule has 5 rings (SSSR count). The third kappa shape index (κ3) is 5.77. The van der Waals surface area contributed by atoms with Crippen molar-refractivity contribution < 1.29 is 28.7 Å². The van der Waals surface area contributed by atoms with Gasteiger partial charge in [0.25, 0.3) is 5.91 Å². The number of carbonyl (C=O) groups excluding carboxylic acids is 4. The Balaban J connectivity index is 1.34. The minimum Gasteiger partial charge on any atom is -0.454 e. The summed E-state index contributed by atoms with van der Waals surface area (Å²) in [5, 5.41) is 2.80. The van der Waals surface area contributed by atoms with E-state index in [1.165, 1.54) is 16.8 Å². The largest absolute Gasteiger partial charge is 0.454 e. The van der Waals surface area contributed by atoms with Crippen LogP contribution < -0.4 is 19.7 Å². The summed E-state index contributed by atoms with van der Waals surface area (Å²) in [6.07, 6.45) is 0.717. The number of hydrogen-bond donors (Lipinski definition) is 1. The molecule has 3 aromatic carbocycles. The van der Waals surface area contributed by atoms with Gasteiger partial charge in [0.2, 0.25) is 24.4 Å². The molecular weight excluding hydrogens is 498 g/mol. The minimum absolute atomic E-state index is 0.0888. The predicted octanol–water partition coefficient (Wildman–Crippen LogP) is 2.87. The Morgan fingerprint density at radius 1 is 0.949 bits per heavy atom. The van der Waals surface area contributed by atoms with Gasteiger partial charge in [0, 0.05) is 38.2 Å². The third-order valence-electron chi connectivity index (χ3n) is 7.00. The van der Waals surface area contributed by atoms with Crippen LogP contribution in [0.2, 0.25) is 0 Å². The standard InChI is InChI=1S/C30H29N3O6/c1-32(22-12-14-25-26(17-22)39-19-38-25)30(37)28(35)23(16-20-8-4-2-5-9-20)31-29(36)24-13-15-27(34)33(24)18-21-10-6-3-7-11-21/h2-12,14,17,23-24H,13,15-16,18-19H2,1H3,(H,31,36). The lowest BCUT2D eigenvalue weighted by Gasteiger charge is -2.27. The molecule has 0 spiro atoms. The summed E-state index contributed by atoms with van der Waals surface area (Å²) < 4.78 is 10.7. The third-order valence-corrected chi connectivity index (χ3v) is 7.00. The van der Waals surface area contributed by atoms with Crippen LogP contribution in [-0.4, -0.2) is 54.3 Å². The number of anilines is 1. The van der Waals surface area contributed by atoms with Crippen LogP contribution in [0, 0.1) is 0 Å². The highest BCUT2D eigenvalue weighted by atomic mass is 16.7. The molecule has 0 bridgehead atoms. The van der Waals surface area contributed by atoms with Crippen molar-refractivity contribution in [3.8, 4) is 11.5 Å². The van der Waals surface area contributed by atoms with Crippen molar-refractivity contribution in [2.45, 2.75) is 37.9 Å². The molecule has 39 heavy (non-hydrogen) atoms. The Morgan fingerprint density at radius 2 is 1.62 bits per heavy atom. The quantitative estimate of drug-likeness (QED) is 0.429. The lowest BCUT2D eigenvalue weighted by Crippen LogP contribution is -2.53. The van der Waals surface area contributed by atoms with E-state index in [9.17, 15) is 19.2 Å². The first kappa shape index (κ1) is 26.0. The van der Waals surface area contributed by atoms with E-state index in [1.807, 2.05) is 60.7 Å². The number of rotatable bonds is 9. The van der Waals surface area contributed by atoms with E-state index in [1.54, 1.807) is 18.2 Å². The smallest absolute Gasteiger partial charge is 0.296 e. The summed E-state index contributed by atoms with van der Waals surface area (Å²) in [6.45, 7) is 0.381. The number of ether oxygens (including phenoxy) is 2. The molecule has 0 saturated carbocycles. The molecular formula is C30H29N3O6. The fraction of sp³-hybridized carbons (Fsp3) is 0.267. The number of Topliss-reactive ketones (excluding diaryl/α,β-unsaturated/α-hetero) is 1. The molecule has 2 heterocycles. The first-order valence-corrected chi connectivity index (χ1v) is 12.8. The second kappa shape index (κ2) is 11.4. The molecule has 2 aliphatic rings. The molecule has 2 atom stereocenters. The van der Waals surface area contributed by atoms with Crippen LogP contribution in [0.3, 0.4) is 0 Å². The van der Waals surface area contributed by atoms with Crippen LogP contribution in [0.5, 0.6) is 11.5 Å². The van der Waals surface area contributed by atoms with Gasteiger partial charge in [0.05, 0.1) is 0 Å². The molecule has 0 aromatic heterocycles. The molecule has 1 N–H and O–H groups in total. The molecule has 0 radical (unpaired) electrons. The number of amides is 3. The average molecular weight is 528 g/mol. The van der Waals surface area contributed by atoms with E-state index in [0.29, 0.717) is 30.2 Å². The van der Waals surface area contributed by atoms with Crippen LogP contribution in [0.4, 0.5) is 5.69 Å². The minimum atomic E-state index is -1.11. The summed E-state index contributed by atoms with van der Waals surface area (Å²) in [4.78, 5) is 55.7. The molecule has 2 unspecified atom stereocenters. The van der Waals surface area contributed by atoms with Gasteiger partial charge in [-0.15, -0.1) is 0 Å². The van der Waals surface area contributed by atoms with Crippen LogP contribution in [0.1, 0.15) is 24.0 Å². The summed E-state index contributed by atoms with van der Waals surface area (Å²) in [5.41, 5.74) is 2.15. The van der Waals surface area contributed by atoms with Crippen molar-refractivity contribution in [1.82, 2.24) is 10.2 Å². The van der Waals surface area contributed by atoms with Crippen molar-refractivity contribution >= 4 is 29.2 Å². The van der Waals surface area contributed by atoms with Crippen LogP contribution in [-0.2, 0) is 32.1 Å². The maximum absolute atomic E-state index is 13.5. The maximum atomic E-state index is 13.5. The maximum Gasteiger partial charge on any atom is 0.296 e. The highest BCUT2D eigenvalue weighted by Gasteiger charge is 2.38. The molecule has 200 valence electrons. The number of fused-ring (bicyclic) bond motifs is 1. The highest BCUT2D eigenvalue weighted by molar-refractivity contribution is 6.43. The normalized spacial score (nSPS) is 16.6. The van der Waals surface area contributed by atoms with Crippen molar-refractivity contribution in [3.05, 3.63) is 90.0 Å². The molecule has 0 aliphatic carbocycles. The molecule has 3 aromatic rings. The second-order valence-electron chi connectivity index (χ2n) is 9.58. The summed E-state index contributed by atoms with van der Waals surface area (Å²) in [7, 11) is 1.50. The number of ketones is 1. The molecule has 2 aliphatic heterocycles. The number of likely N-dealkylation sites (N-methyl/N-ethyl adjacent to an activating group) is 1. The topological polar surface area (TPSA) is 105 Å². The van der Waals surface area contributed by atoms with Crippen LogP contribution in [0.15, 0.2) is 78.9 Å². The van der Waals surface area contributed by atoms with Gasteiger partial charge < -0.3 is 24.6 Å². The van der Waals surface area contributed by atoms with Crippen molar-refractivity contribution in [2.24, 2.45) is 0 Å². The van der Waals surface area contributed by atoms with Gasteiger partial charge in [0.15, 0.2) is 11.5 Å². The first-order valence-electron chi connectivity index (χ1n) is 12.8. The summed E-state index contributed by atoms with van der Waals surface area (Å²) in [6, 6.07) is 21.7. The zero-order valence-electron chi connectivity index (χ0n) is 21.5. The Hall–Kier alpha value is -4.66. The Kier molecular flexibility index (Phi) is 7.58. The van der Waals surface area contributed by atoms with E-state index < -0.39 is 29.7 Å². The number of benzene rings is 3. The van der Waals surface area contributed by atoms with Gasteiger partial charge in [-0.25, -0.2) is 0 Å². The van der Waals surface area contributed by atoms with E-state index in [2.05, 4.69) is 5.32 Å². The van der Waals surface area contributed by atoms with Crippen LogP contribution >= 0.6 is 0 Å². The molecule has 9 nitrogen and oxygen atoms in total. The summed E-state index contributed by atoms with van der Waals surface area (Å²) >= 11 is 0. The Labute approximate surface area is 226 Å². The van der Waals surface area contributed by atoms with Gasteiger partial charge in [0.1, 0.15) is 12.1 Å². The van der Waals surface area contributed by atoms with Gasteiger partial charge in [-0.1, -0.05) is 60.7 Å². The second-order valence-corrected chi connectivity index (χ2v) is 9.58. The number of likely N-dealkylation sites (tertiary alicyclic amines) is 1. The Bertz CT molecular complexity index is 1380. The molecule has 1 fully saturated rings. The highest BCUT2D eigenvalue weighted by Crippen LogP contribution is 2.35. The van der Waals surface area contributed by atoms with Gasteiger partial charge in [-0.2, -0.15) is 0 Å². The predicted molar refractivity (Wildman–Crippen MR) is 143 cm³/mol. The monoisotopic (exact) mass is 527 g/mol. The number of carbonyl (C=O) groups is 4. The van der Waals surface area contributed by atoms with Gasteiger partial charge in [-0.05, 0) is 29.7 Å². The lowest BCUT2D eigenvalue weighted by molar-refractivity contribution is -0.140. The van der Waals surface area contributed by atoms with Crippen molar-refractivity contribution in [2.75, 3.05) is 18.7 Å². The van der Waals surface area contributed by atoms with E-state index in [4.69, 9.17) is 9.47 Å². The fourth-order valence-electron chi connectivity index (χ4n) is 4.84. The average Bonchev–Trinajstić information content (AvgIpc) is 3.58. The number of nitrogens with one attached hydrogen (secondary N) is 1. The van der Waals surface area contributed by atoms with Crippen LogP contribution in [0.25, 0.3) is 0 Å². The van der Waals surface area contributed by atoms with E-state index >= 15 is 0 Å². The van der Waals surface area contributed by atoms with E-state index in [-0.39, 0.29) is 25.5 Å². The number of hydrogen-bond acceptors (Lipinski definition) is 6. The molecule has 1 saturated heterocycles. The Morgan fingerprint density at radius 3 is 2.33 bits per heavy atom. The van der Waals surface area contributed by atoms with Crippen molar-refractivity contribution in [1.29, 1.82) is 0 Å². The molecule has 3 amide bonds. The SMILES string of the molecule is CN(C(=O)C(=O)C(Cc1ccccc1)NC(=O)C1CCC(=O)N1Cc1ccccc1)c1ccc2c(c1)OCO2. The molecule has 9 heteroatoms. The zero-order valence-corrected chi connectivity index (χ0v) is 21.5. The zero-order chi connectivity index (χ0) is 27.4. The fourth-order valence-corrected chi connectivity index (χ4v) is 4.84. The summed E-state index contributed by atoms with van der Waals surface area (Å²) in [5.74, 6) is -1.07. The van der Waals surface area contributed by atoms with Gasteiger partial charge >= 0.3 is 0 Å². The van der Waals surface area contributed by atoms with Crippen molar-refractivity contribution in [3.63, 3.8) is 0 Å².